The van der Waals surface area contributed by atoms with Gasteiger partial charge in [-0.25, -0.2) is 22.5 Å². The summed E-state index contributed by atoms with van der Waals surface area (Å²) in [4.78, 5) is 3.69. The van der Waals surface area contributed by atoms with Gasteiger partial charge >= 0.3 is 0 Å². The highest BCUT2D eigenvalue weighted by atomic mass is 32.2. The van der Waals surface area contributed by atoms with Gasteiger partial charge in [-0.3, -0.25) is 0 Å². The van der Waals surface area contributed by atoms with Crippen molar-refractivity contribution in [3.63, 3.8) is 0 Å². The van der Waals surface area contributed by atoms with Crippen LogP contribution in [0.5, 0.6) is 0 Å². The molecule has 1 aromatic carbocycles. The molecular formula is C12H15FN4O2S. The molecule has 0 saturated carbocycles. The number of anilines is 1. The van der Waals surface area contributed by atoms with Gasteiger partial charge in [-0.15, -0.1) is 0 Å². The Kier molecular flexibility index (Phi) is 4.05. The van der Waals surface area contributed by atoms with Gasteiger partial charge < -0.3 is 10.3 Å². The SMILES string of the molecule is CC(Cn1ccnc1)NS(=O)(=O)c1cc(N)cc(F)c1. The molecule has 108 valence electrons. The molecule has 0 aliphatic carbocycles. The first-order chi connectivity index (χ1) is 9.37. The molecule has 3 N–H and O–H groups in total. The lowest BCUT2D eigenvalue weighted by molar-refractivity contribution is 0.519. The summed E-state index contributed by atoms with van der Waals surface area (Å²) in [6.45, 7) is 2.13. The van der Waals surface area contributed by atoms with Crippen molar-refractivity contribution < 1.29 is 12.8 Å². The molecule has 6 nitrogen and oxygen atoms in total. The van der Waals surface area contributed by atoms with Gasteiger partial charge in [0.15, 0.2) is 0 Å². The predicted octanol–water partition coefficient (Wildman–Crippen LogP) is 0.971. The van der Waals surface area contributed by atoms with E-state index in [9.17, 15) is 12.8 Å². The fourth-order valence-electron chi connectivity index (χ4n) is 1.82. The number of nitrogen functional groups attached to an aromatic ring is 1. The average molecular weight is 298 g/mol. The molecule has 0 bridgehead atoms. The number of nitrogens with zero attached hydrogens (tertiary/aromatic N) is 2. The second-order valence-corrected chi connectivity index (χ2v) is 6.22. The third-order valence-electron chi connectivity index (χ3n) is 2.60. The van der Waals surface area contributed by atoms with Gasteiger partial charge in [0, 0.05) is 30.7 Å². The summed E-state index contributed by atoms with van der Waals surface area (Å²) in [5.74, 6) is -0.687. The number of rotatable bonds is 5. The van der Waals surface area contributed by atoms with E-state index in [1.807, 2.05) is 0 Å². The summed E-state index contributed by atoms with van der Waals surface area (Å²) in [6, 6.07) is 2.84. The van der Waals surface area contributed by atoms with Crippen molar-refractivity contribution in [2.24, 2.45) is 0 Å². The monoisotopic (exact) mass is 298 g/mol. The summed E-state index contributed by atoms with van der Waals surface area (Å²) in [5, 5.41) is 0. The lowest BCUT2D eigenvalue weighted by Gasteiger charge is -2.15. The fraction of sp³-hybridized carbons (Fsp3) is 0.250. The first-order valence-corrected chi connectivity index (χ1v) is 7.39. The number of benzene rings is 1. The zero-order valence-electron chi connectivity index (χ0n) is 10.8. The Morgan fingerprint density at radius 3 is 2.80 bits per heavy atom. The largest absolute Gasteiger partial charge is 0.399 e. The Morgan fingerprint density at radius 2 is 2.20 bits per heavy atom. The maximum atomic E-state index is 13.2. The smallest absolute Gasteiger partial charge is 0.241 e. The molecule has 2 aromatic rings. The third-order valence-corrected chi connectivity index (χ3v) is 4.17. The minimum absolute atomic E-state index is 0.0626. The number of hydrogen-bond donors (Lipinski definition) is 2. The Labute approximate surface area is 116 Å². The van der Waals surface area contributed by atoms with Gasteiger partial charge in [0.25, 0.3) is 0 Å². The van der Waals surface area contributed by atoms with Crippen LogP contribution in [0, 0.1) is 5.82 Å². The van der Waals surface area contributed by atoms with Crippen LogP contribution < -0.4 is 10.5 Å². The summed E-state index contributed by atoms with van der Waals surface area (Å²) >= 11 is 0. The Bertz CT molecular complexity index is 665. The van der Waals surface area contributed by atoms with Gasteiger partial charge in [-0.05, 0) is 25.1 Å². The topological polar surface area (TPSA) is 90.0 Å². The van der Waals surface area contributed by atoms with E-state index in [2.05, 4.69) is 9.71 Å². The van der Waals surface area contributed by atoms with E-state index < -0.39 is 15.8 Å². The van der Waals surface area contributed by atoms with Crippen LogP contribution in [-0.2, 0) is 16.6 Å². The summed E-state index contributed by atoms with van der Waals surface area (Å²) in [6.07, 6.45) is 4.92. The molecule has 1 unspecified atom stereocenters. The molecule has 8 heteroatoms. The number of hydrogen-bond acceptors (Lipinski definition) is 4. The maximum Gasteiger partial charge on any atom is 0.241 e. The van der Waals surface area contributed by atoms with Gasteiger partial charge in [-0.1, -0.05) is 0 Å². The van der Waals surface area contributed by atoms with Crippen LogP contribution in [0.25, 0.3) is 0 Å². The molecule has 0 aliphatic rings. The Morgan fingerprint density at radius 1 is 1.45 bits per heavy atom. The number of halogens is 1. The van der Waals surface area contributed by atoms with Crippen LogP contribution in [0.15, 0.2) is 41.8 Å². The zero-order valence-corrected chi connectivity index (χ0v) is 11.6. The molecule has 2 rings (SSSR count). The lowest BCUT2D eigenvalue weighted by Crippen LogP contribution is -2.35. The van der Waals surface area contributed by atoms with Crippen molar-refractivity contribution in [3.05, 3.63) is 42.7 Å². The van der Waals surface area contributed by atoms with Crippen molar-refractivity contribution in [1.29, 1.82) is 0 Å². The molecule has 0 radical (unpaired) electrons. The zero-order chi connectivity index (χ0) is 14.8. The lowest BCUT2D eigenvalue weighted by atomic mass is 10.3. The number of nitrogens with one attached hydrogen (secondary N) is 1. The number of imidazole rings is 1. The normalized spacial score (nSPS) is 13.3. The summed E-state index contributed by atoms with van der Waals surface area (Å²) in [7, 11) is -3.81. The molecule has 0 amide bonds. The van der Waals surface area contributed by atoms with Gasteiger partial charge in [0.2, 0.25) is 10.0 Å². The Balaban J connectivity index is 2.14. The molecule has 1 aromatic heterocycles. The second kappa shape index (κ2) is 5.59. The van der Waals surface area contributed by atoms with Crippen LogP contribution in [0.1, 0.15) is 6.92 Å². The van der Waals surface area contributed by atoms with E-state index in [-0.39, 0.29) is 16.6 Å². The van der Waals surface area contributed by atoms with Crippen LogP contribution in [-0.4, -0.2) is 24.0 Å². The molecule has 20 heavy (non-hydrogen) atoms. The van der Waals surface area contributed by atoms with E-state index in [0.29, 0.717) is 6.54 Å². The van der Waals surface area contributed by atoms with E-state index in [0.717, 1.165) is 12.1 Å². The summed E-state index contributed by atoms with van der Waals surface area (Å²) < 4.78 is 41.7. The molecule has 0 aliphatic heterocycles. The fourth-order valence-corrected chi connectivity index (χ4v) is 3.12. The average Bonchev–Trinajstić information content (AvgIpc) is 2.79. The van der Waals surface area contributed by atoms with Crippen LogP contribution >= 0.6 is 0 Å². The Hall–Kier alpha value is -1.93. The van der Waals surface area contributed by atoms with E-state index in [4.69, 9.17) is 5.73 Å². The van der Waals surface area contributed by atoms with Gasteiger partial charge in [0.1, 0.15) is 5.82 Å². The highest BCUT2D eigenvalue weighted by molar-refractivity contribution is 7.89. The van der Waals surface area contributed by atoms with Crippen molar-refractivity contribution in [1.82, 2.24) is 14.3 Å². The first-order valence-electron chi connectivity index (χ1n) is 5.91. The third kappa shape index (κ3) is 3.55. The maximum absolute atomic E-state index is 13.2. The van der Waals surface area contributed by atoms with Crippen LogP contribution in [0.2, 0.25) is 0 Å². The molecule has 0 fully saturated rings. The van der Waals surface area contributed by atoms with Crippen molar-refractivity contribution in [3.8, 4) is 0 Å². The quantitative estimate of drug-likeness (QED) is 0.805. The van der Waals surface area contributed by atoms with Crippen molar-refractivity contribution >= 4 is 15.7 Å². The highest BCUT2D eigenvalue weighted by Gasteiger charge is 2.18. The first kappa shape index (κ1) is 14.5. The second-order valence-electron chi connectivity index (χ2n) is 4.50. The number of nitrogens with two attached hydrogens (primary N) is 1. The number of sulfonamides is 1. The molecule has 0 spiro atoms. The van der Waals surface area contributed by atoms with Crippen LogP contribution in [0.4, 0.5) is 10.1 Å². The van der Waals surface area contributed by atoms with Crippen LogP contribution in [0.3, 0.4) is 0 Å². The van der Waals surface area contributed by atoms with E-state index in [1.54, 1.807) is 30.2 Å². The minimum atomic E-state index is -3.81. The van der Waals surface area contributed by atoms with Gasteiger partial charge in [0.05, 0.1) is 11.2 Å². The predicted molar refractivity (Wildman–Crippen MR) is 72.8 cm³/mol. The molecule has 1 heterocycles. The molecular weight excluding hydrogens is 283 g/mol. The van der Waals surface area contributed by atoms with E-state index in [1.165, 1.54) is 6.07 Å². The van der Waals surface area contributed by atoms with Crippen molar-refractivity contribution in [2.75, 3.05) is 5.73 Å². The molecule has 0 saturated heterocycles. The highest BCUT2D eigenvalue weighted by Crippen LogP contribution is 2.16. The molecule has 1 atom stereocenters. The van der Waals surface area contributed by atoms with Gasteiger partial charge in [-0.2, -0.15) is 0 Å². The van der Waals surface area contributed by atoms with E-state index >= 15 is 0 Å². The number of aromatic nitrogens is 2. The van der Waals surface area contributed by atoms with Crippen molar-refractivity contribution in [2.45, 2.75) is 24.4 Å². The summed E-state index contributed by atoms with van der Waals surface area (Å²) in [5.41, 5.74) is 5.51. The minimum Gasteiger partial charge on any atom is -0.399 e. The standard InChI is InChI=1S/C12H15FN4O2S/c1-9(7-17-3-2-15-8-17)16-20(18,19)12-5-10(13)4-11(14)6-12/h2-6,8-9,16H,7,14H2,1H3.